The van der Waals surface area contributed by atoms with Crippen molar-refractivity contribution in [3.8, 4) is 0 Å². The minimum atomic E-state index is -3.39. The van der Waals surface area contributed by atoms with Gasteiger partial charge in [0.1, 0.15) is 4.90 Å². The number of hydrogen-bond donors (Lipinski definition) is 1. The van der Waals surface area contributed by atoms with Gasteiger partial charge in [0.25, 0.3) is 0 Å². The summed E-state index contributed by atoms with van der Waals surface area (Å²) in [4.78, 5) is 4.02. The molecule has 5 heteroatoms. The van der Waals surface area contributed by atoms with E-state index in [4.69, 9.17) is 0 Å². The Hall–Kier alpha value is -0.940. The number of pyridine rings is 1. The number of sulfonamides is 1. The van der Waals surface area contributed by atoms with Crippen molar-refractivity contribution in [1.29, 1.82) is 0 Å². The third-order valence-electron chi connectivity index (χ3n) is 2.66. The second-order valence-electron chi connectivity index (χ2n) is 3.72. The van der Waals surface area contributed by atoms with Crippen LogP contribution in [-0.4, -0.2) is 19.9 Å². The fourth-order valence-corrected chi connectivity index (χ4v) is 2.47. The Balaban J connectivity index is 2.67. The zero-order valence-electron chi connectivity index (χ0n) is 9.68. The van der Waals surface area contributed by atoms with E-state index in [0.29, 0.717) is 12.5 Å². The van der Waals surface area contributed by atoms with Gasteiger partial charge in [0.05, 0.1) is 0 Å². The number of aromatic nitrogens is 1. The molecule has 0 amide bonds. The summed E-state index contributed by atoms with van der Waals surface area (Å²) in [7, 11) is -3.39. The van der Waals surface area contributed by atoms with Crippen LogP contribution in [0.4, 0.5) is 0 Å². The van der Waals surface area contributed by atoms with Crippen molar-refractivity contribution in [2.45, 2.75) is 31.6 Å². The lowest BCUT2D eigenvalue weighted by Gasteiger charge is -2.13. The van der Waals surface area contributed by atoms with Crippen LogP contribution in [0.2, 0.25) is 0 Å². The van der Waals surface area contributed by atoms with E-state index in [1.54, 1.807) is 18.3 Å². The average molecular weight is 242 g/mol. The van der Waals surface area contributed by atoms with Gasteiger partial charge < -0.3 is 0 Å². The van der Waals surface area contributed by atoms with Crippen LogP contribution in [0.3, 0.4) is 0 Å². The van der Waals surface area contributed by atoms with Crippen LogP contribution in [0.5, 0.6) is 0 Å². The smallest absolute Gasteiger partial charge is 0.242 e. The lowest BCUT2D eigenvalue weighted by molar-refractivity contribution is 0.479. The van der Waals surface area contributed by atoms with Gasteiger partial charge in [-0.1, -0.05) is 26.7 Å². The summed E-state index contributed by atoms with van der Waals surface area (Å²) in [6.07, 6.45) is 4.87. The summed E-state index contributed by atoms with van der Waals surface area (Å²) < 4.78 is 26.2. The van der Waals surface area contributed by atoms with Gasteiger partial charge in [0.15, 0.2) is 0 Å². The molecule has 4 nitrogen and oxygen atoms in total. The van der Waals surface area contributed by atoms with E-state index in [1.807, 2.05) is 0 Å². The van der Waals surface area contributed by atoms with Crippen molar-refractivity contribution < 1.29 is 8.42 Å². The quantitative estimate of drug-likeness (QED) is 0.827. The molecule has 0 saturated carbocycles. The van der Waals surface area contributed by atoms with Crippen molar-refractivity contribution in [2.75, 3.05) is 6.54 Å². The number of nitrogens with zero attached hydrogens (tertiary/aromatic N) is 1. The molecule has 1 rings (SSSR count). The standard InChI is InChI=1S/C11H18N2O2S/c1-3-10(4-2)8-13-16(14,15)11-6-5-7-12-9-11/h5-7,9-10,13H,3-4,8H2,1-2H3. The van der Waals surface area contributed by atoms with Gasteiger partial charge in [-0.15, -0.1) is 0 Å². The molecule has 1 aromatic rings. The molecule has 0 saturated heterocycles. The topological polar surface area (TPSA) is 59.1 Å². The SMILES string of the molecule is CCC(CC)CNS(=O)(=O)c1cccnc1. The van der Waals surface area contributed by atoms with E-state index in [0.717, 1.165) is 12.8 Å². The van der Waals surface area contributed by atoms with E-state index in [1.165, 1.54) is 6.20 Å². The van der Waals surface area contributed by atoms with Gasteiger partial charge >= 0.3 is 0 Å². The first kappa shape index (κ1) is 13.1. The van der Waals surface area contributed by atoms with Gasteiger partial charge in [0, 0.05) is 18.9 Å². The van der Waals surface area contributed by atoms with Crippen molar-refractivity contribution >= 4 is 10.0 Å². The van der Waals surface area contributed by atoms with E-state index >= 15 is 0 Å². The van der Waals surface area contributed by atoms with Gasteiger partial charge in [-0.05, 0) is 18.1 Å². The number of rotatable bonds is 6. The lowest BCUT2D eigenvalue weighted by atomic mass is 10.0. The van der Waals surface area contributed by atoms with Crippen molar-refractivity contribution in [3.05, 3.63) is 24.5 Å². The molecule has 0 spiro atoms. The van der Waals surface area contributed by atoms with Gasteiger partial charge in [0.2, 0.25) is 10.0 Å². The molecule has 0 aromatic carbocycles. The first-order valence-corrected chi connectivity index (χ1v) is 6.98. The van der Waals surface area contributed by atoms with Crippen molar-refractivity contribution in [3.63, 3.8) is 0 Å². The highest BCUT2D eigenvalue weighted by atomic mass is 32.2. The van der Waals surface area contributed by atoms with Gasteiger partial charge in [-0.2, -0.15) is 0 Å². The Labute approximate surface area is 97.2 Å². The summed E-state index contributed by atoms with van der Waals surface area (Å²) in [5.41, 5.74) is 0. The summed E-state index contributed by atoms with van der Waals surface area (Å²) in [5, 5.41) is 0. The highest BCUT2D eigenvalue weighted by Crippen LogP contribution is 2.09. The Bertz CT molecular complexity index is 399. The van der Waals surface area contributed by atoms with Gasteiger partial charge in [-0.3, -0.25) is 4.98 Å². The van der Waals surface area contributed by atoms with Crippen molar-refractivity contribution in [1.82, 2.24) is 9.71 Å². The molecule has 0 aliphatic rings. The van der Waals surface area contributed by atoms with E-state index < -0.39 is 10.0 Å². The highest BCUT2D eigenvalue weighted by molar-refractivity contribution is 7.89. The molecule has 1 N–H and O–H groups in total. The van der Waals surface area contributed by atoms with Gasteiger partial charge in [-0.25, -0.2) is 13.1 Å². The molecule has 0 atom stereocenters. The molecule has 0 aliphatic heterocycles. The molecule has 0 aliphatic carbocycles. The third kappa shape index (κ3) is 3.57. The fourth-order valence-electron chi connectivity index (χ4n) is 1.39. The molecular weight excluding hydrogens is 224 g/mol. The normalized spacial score (nSPS) is 11.9. The van der Waals surface area contributed by atoms with E-state index in [2.05, 4.69) is 23.6 Å². The molecule has 0 radical (unpaired) electrons. The minimum Gasteiger partial charge on any atom is -0.263 e. The fraction of sp³-hybridized carbons (Fsp3) is 0.545. The molecule has 0 bridgehead atoms. The predicted octanol–water partition coefficient (Wildman–Crippen LogP) is 1.80. The molecule has 0 fully saturated rings. The zero-order chi connectivity index (χ0) is 12.0. The first-order chi connectivity index (χ1) is 7.60. The highest BCUT2D eigenvalue weighted by Gasteiger charge is 2.15. The van der Waals surface area contributed by atoms with Crippen molar-refractivity contribution in [2.24, 2.45) is 5.92 Å². The van der Waals surface area contributed by atoms with Crippen LogP contribution < -0.4 is 4.72 Å². The van der Waals surface area contributed by atoms with Crippen LogP contribution >= 0.6 is 0 Å². The predicted molar refractivity (Wildman–Crippen MR) is 63.5 cm³/mol. The Morgan fingerprint density at radius 3 is 2.56 bits per heavy atom. The van der Waals surface area contributed by atoms with Crippen LogP contribution in [0.1, 0.15) is 26.7 Å². The second kappa shape index (κ2) is 5.96. The second-order valence-corrected chi connectivity index (χ2v) is 5.49. The largest absolute Gasteiger partial charge is 0.263 e. The third-order valence-corrected chi connectivity index (χ3v) is 4.07. The minimum absolute atomic E-state index is 0.223. The number of hydrogen-bond acceptors (Lipinski definition) is 3. The Morgan fingerprint density at radius 2 is 2.06 bits per heavy atom. The summed E-state index contributed by atoms with van der Waals surface area (Å²) in [6, 6.07) is 3.16. The molecule has 16 heavy (non-hydrogen) atoms. The summed E-state index contributed by atoms with van der Waals surface area (Å²) in [6.45, 7) is 4.61. The van der Waals surface area contributed by atoms with E-state index in [9.17, 15) is 8.42 Å². The number of nitrogens with one attached hydrogen (secondary N) is 1. The Morgan fingerprint density at radius 1 is 1.38 bits per heavy atom. The van der Waals surface area contributed by atoms with Crippen LogP contribution in [0.25, 0.3) is 0 Å². The molecule has 1 heterocycles. The molecule has 1 aromatic heterocycles. The monoisotopic (exact) mass is 242 g/mol. The average Bonchev–Trinajstić information content (AvgIpc) is 2.31. The van der Waals surface area contributed by atoms with E-state index in [-0.39, 0.29) is 4.90 Å². The molecule has 0 unspecified atom stereocenters. The zero-order valence-corrected chi connectivity index (χ0v) is 10.5. The Kier molecular flexibility index (Phi) is 4.89. The summed E-state index contributed by atoms with van der Waals surface area (Å²) in [5.74, 6) is 0.395. The van der Waals surface area contributed by atoms with Crippen LogP contribution in [0, 0.1) is 5.92 Å². The first-order valence-electron chi connectivity index (χ1n) is 5.49. The van der Waals surface area contributed by atoms with Crippen LogP contribution in [0.15, 0.2) is 29.4 Å². The maximum absolute atomic E-state index is 11.8. The molecular formula is C11H18N2O2S. The molecule has 90 valence electrons. The maximum atomic E-state index is 11.8. The van der Waals surface area contributed by atoms with Crippen LogP contribution in [-0.2, 0) is 10.0 Å². The summed E-state index contributed by atoms with van der Waals surface area (Å²) >= 11 is 0. The lowest BCUT2D eigenvalue weighted by Crippen LogP contribution is -2.29. The maximum Gasteiger partial charge on any atom is 0.242 e.